The minimum atomic E-state index is 0.689. The van der Waals surface area contributed by atoms with Gasteiger partial charge in [0, 0.05) is 5.56 Å². The summed E-state index contributed by atoms with van der Waals surface area (Å²) < 4.78 is 0. The van der Waals surface area contributed by atoms with Crippen LogP contribution in [0.5, 0.6) is 0 Å². The quantitative estimate of drug-likeness (QED) is 0.227. The Morgan fingerprint density at radius 1 is 0.676 bits per heavy atom. The molecule has 4 rings (SSSR count). The van der Waals surface area contributed by atoms with Gasteiger partial charge in [-0.15, -0.1) is 0 Å². The molecule has 37 heavy (non-hydrogen) atoms. The van der Waals surface area contributed by atoms with Gasteiger partial charge in [0.1, 0.15) is 0 Å². The van der Waals surface area contributed by atoms with Crippen LogP contribution in [0.1, 0.15) is 138 Å². The number of allylic oxidation sites excluding steroid dienone is 2. The lowest BCUT2D eigenvalue weighted by atomic mass is 9.77. The summed E-state index contributed by atoms with van der Waals surface area (Å²) >= 11 is 0. The number of unbranched alkanes of at least 4 members (excludes halogenated alkanes) is 3. The van der Waals surface area contributed by atoms with Crippen molar-refractivity contribution >= 4 is 0 Å². The Hall–Kier alpha value is -2.26. The maximum absolute atomic E-state index is 3.37. The summed E-state index contributed by atoms with van der Waals surface area (Å²) in [6.07, 6.45) is 24.7. The van der Waals surface area contributed by atoms with Crippen LogP contribution in [-0.2, 0) is 6.42 Å². The fourth-order valence-corrected chi connectivity index (χ4v) is 6.60. The van der Waals surface area contributed by atoms with Crippen LogP contribution in [0.4, 0.5) is 0 Å². The summed E-state index contributed by atoms with van der Waals surface area (Å²) in [6, 6.07) is 18.7. The van der Waals surface area contributed by atoms with Crippen LogP contribution in [0, 0.1) is 23.7 Å². The Kier molecular flexibility index (Phi) is 11.4. The molecule has 2 aromatic carbocycles. The summed E-state index contributed by atoms with van der Waals surface area (Å²) in [6.45, 7) is 4.58. The van der Waals surface area contributed by atoms with E-state index in [1.165, 1.54) is 107 Å². The highest BCUT2D eigenvalue weighted by atomic mass is 14.3. The Bertz CT molecular complexity index is 981. The summed E-state index contributed by atoms with van der Waals surface area (Å²) in [7, 11) is 0. The van der Waals surface area contributed by atoms with Crippen molar-refractivity contribution in [3.8, 4) is 11.8 Å². The van der Waals surface area contributed by atoms with E-state index in [0.29, 0.717) is 5.92 Å². The second kappa shape index (κ2) is 15.2. The number of hydrogen-bond donors (Lipinski definition) is 0. The Balaban J connectivity index is 1.18. The van der Waals surface area contributed by atoms with E-state index in [4.69, 9.17) is 0 Å². The highest BCUT2D eigenvalue weighted by molar-refractivity contribution is 5.39. The van der Waals surface area contributed by atoms with Gasteiger partial charge in [-0.2, -0.15) is 0 Å². The molecule has 2 fully saturated rings. The molecule has 0 amide bonds. The Morgan fingerprint density at radius 2 is 1.27 bits per heavy atom. The van der Waals surface area contributed by atoms with Gasteiger partial charge in [0.15, 0.2) is 0 Å². The van der Waals surface area contributed by atoms with Crippen LogP contribution in [0.15, 0.2) is 60.7 Å². The van der Waals surface area contributed by atoms with Crippen molar-refractivity contribution in [3.63, 3.8) is 0 Å². The van der Waals surface area contributed by atoms with Gasteiger partial charge in [-0.1, -0.05) is 100 Å². The van der Waals surface area contributed by atoms with Crippen molar-refractivity contribution in [1.29, 1.82) is 0 Å². The highest BCUT2D eigenvalue weighted by Gasteiger charge is 2.22. The van der Waals surface area contributed by atoms with Crippen LogP contribution in [0.3, 0.4) is 0 Å². The normalized spacial score (nSPS) is 24.1. The molecule has 0 spiro atoms. The largest absolute Gasteiger partial charge is 0.0730 e. The van der Waals surface area contributed by atoms with Crippen LogP contribution in [0.25, 0.3) is 0 Å². The fourth-order valence-electron chi connectivity index (χ4n) is 6.60. The lowest BCUT2D eigenvalue weighted by Crippen LogP contribution is -2.13. The molecular formula is C37H50. The fraction of sp³-hybridized carbons (Fsp3) is 0.568. The first kappa shape index (κ1) is 27.8. The van der Waals surface area contributed by atoms with Crippen LogP contribution in [0.2, 0.25) is 0 Å². The highest BCUT2D eigenvalue weighted by Crippen LogP contribution is 2.38. The third-order valence-electron chi connectivity index (χ3n) is 9.15. The maximum Gasteiger partial charge on any atom is 0.0249 e. The molecule has 0 saturated heterocycles. The minimum Gasteiger partial charge on any atom is -0.0730 e. The maximum atomic E-state index is 3.37. The van der Waals surface area contributed by atoms with E-state index in [0.717, 1.165) is 23.3 Å². The zero-order valence-electron chi connectivity index (χ0n) is 23.7. The van der Waals surface area contributed by atoms with Crippen molar-refractivity contribution in [2.75, 3.05) is 0 Å². The molecule has 0 aliphatic heterocycles. The van der Waals surface area contributed by atoms with Gasteiger partial charge < -0.3 is 0 Å². The second-order valence-corrected chi connectivity index (χ2v) is 11.9. The minimum absolute atomic E-state index is 0.689. The number of hydrogen-bond acceptors (Lipinski definition) is 0. The summed E-state index contributed by atoms with van der Waals surface area (Å²) in [4.78, 5) is 0. The van der Waals surface area contributed by atoms with Crippen LogP contribution in [-0.4, -0.2) is 0 Å². The SMILES string of the molecule is CCCCC[C@H]1CC[C@H](c2ccc(C#C/C=C/[C@H]3CC[C@H](c4ccc(CCCC)cc4)CC3)cc2)CC1. The van der Waals surface area contributed by atoms with Crippen LogP contribution < -0.4 is 0 Å². The van der Waals surface area contributed by atoms with E-state index < -0.39 is 0 Å². The molecule has 2 saturated carbocycles. The monoisotopic (exact) mass is 494 g/mol. The molecule has 0 N–H and O–H groups in total. The molecule has 2 aliphatic rings. The third-order valence-corrected chi connectivity index (χ3v) is 9.15. The average molecular weight is 495 g/mol. The van der Waals surface area contributed by atoms with Gasteiger partial charge in [0.2, 0.25) is 0 Å². The van der Waals surface area contributed by atoms with Crippen molar-refractivity contribution in [2.24, 2.45) is 11.8 Å². The van der Waals surface area contributed by atoms with E-state index in [9.17, 15) is 0 Å². The number of aryl methyl sites for hydroxylation is 1. The van der Waals surface area contributed by atoms with Gasteiger partial charge in [0.05, 0.1) is 0 Å². The molecule has 2 aromatic rings. The van der Waals surface area contributed by atoms with Gasteiger partial charge in [-0.3, -0.25) is 0 Å². The zero-order valence-corrected chi connectivity index (χ0v) is 23.7. The number of benzene rings is 2. The predicted octanol–water partition coefficient (Wildman–Crippen LogP) is 10.8. The first-order valence-electron chi connectivity index (χ1n) is 15.6. The van der Waals surface area contributed by atoms with E-state index >= 15 is 0 Å². The molecule has 0 unspecified atom stereocenters. The summed E-state index contributed by atoms with van der Waals surface area (Å²) in [5.41, 5.74) is 5.72. The molecule has 0 bridgehead atoms. The summed E-state index contributed by atoms with van der Waals surface area (Å²) in [5, 5.41) is 0. The first-order valence-corrected chi connectivity index (χ1v) is 15.6. The van der Waals surface area contributed by atoms with Crippen molar-refractivity contribution in [2.45, 2.75) is 122 Å². The third kappa shape index (κ3) is 8.92. The van der Waals surface area contributed by atoms with Gasteiger partial charge in [-0.25, -0.2) is 0 Å². The summed E-state index contributed by atoms with van der Waals surface area (Å²) in [5.74, 6) is 9.86. The van der Waals surface area contributed by atoms with Gasteiger partial charge in [0.25, 0.3) is 0 Å². The van der Waals surface area contributed by atoms with E-state index in [1.807, 2.05) is 0 Å². The first-order chi connectivity index (χ1) is 18.2. The van der Waals surface area contributed by atoms with Crippen molar-refractivity contribution < 1.29 is 0 Å². The Morgan fingerprint density at radius 3 is 1.89 bits per heavy atom. The average Bonchev–Trinajstić information content (AvgIpc) is 2.96. The second-order valence-electron chi connectivity index (χ2n) is 11.9. The smallest absolute Gasteiger partial charge is 0.0249 e. The lowest BCUT2D eigenvalue weighted by Gasteiger charge is -2.29. The zero-order chi connectivity index (χ0) is 25.7. The molecule has 0 heteroatoms. The molecule has 0 atom stereocenters. The molecule has 198 valence electrons. The standard InChI is InChI=1S/C37H50/c1-3-5-7-11-31-16-24-35(25-17-31)37-28-20-33(21-29-37)13-9-8-12-32-18-26-36(27-19-32)34-22-14-30(15-23-34)10-6-4-2/h8,12,14-15,20-23,28-29,31-32,35-36H,3-7,10-11,16-19,24-27H2,1-2H3/b12-8+/t31-,32-,35-,36-. The van der Waals surface area contributed by atoms with Crippen LogP contribution >= 0.6 is 0 Å². The van der Waals surface area contributed by atoms with Crippen molar-refractivity contribution in [3.05, 3.63) is 82.9 Å². The van der Waals surface area contributed by atoms with E-state index in [2.05, 4.69) is 86.4 Å². The number of rotatable bonds is 10. The van der Waals surface area contributed by atoms with E-state index in [1.54, 1.807) is 5.56 Å². The lowest BCUT2D eigenvalue weighted by molar-refractivity contribution is 0.303. The molecule has 0 radical (unpaired) electrons. The molecule has 0 aromatic heterocycles. The van der Waals surface area contributed by atoms with Crippen molar-refractivity contribution in [1.82, 2.24) is 0 Å². The Labute approximate surface area is 228 Å². The van der Waals surface area contributed by atoms with E-state index in [-0.39, 0.29) is 0 Å². The molecule has 2 aliphatic carbocycles. The molecule has 0 nitrogen and oxygen atoms in total. The predicted molar refractivity (Wildman–Crippen MR) is 161 cm³/mol. The van der Waals surface area contributed by atoms with Gasteiger partial charge >= 0.3 is 0 Å². The van der Waals surface area contributed by atoms with Gasteiger partial charge in [-0.05, 0) is 123 Å². The topological polar surface area (TPSA) is 0 Å². The molecular weight excluding hydrogens is 444 g/mol. The molecule has 0 heterocycles.